The normalized spacial score (nSPS) is 19.1. The number of anilines is 1. The summed E-state index contributed by atoms with van der Waals surface area (Å²) in [5, 5.41) is 4.79. The highest BCUT2D eigenvalue weighted by Gasteiger charge is 2.35. The van der Waals surface area contributed by atoms with Crippen LogP contribution in [0.5, 0.6) is 11.5 Å². The van der Waals surface area contributed by atoms with Gasteiger partial charge in [0.05, 0.1) is 18.1 Å². The number of likely N-dealkylation sites (tertiary alicyclic amines) is 1. The lowest BCUT2D eigenvalue weighted by atomic mass is 10.2. The summed E-state index contributed by atoms with van der Waals surface area (Å²) < 4.78 is 11.3. The van der Waals surface area contributed by atoms with E-state index >= 15 is 0 Å². The summed E-state index contributed by atoms with van der Waals surface area (Å²) in [6.45, 7) is 1.83. The standard InChI is InChI=1S/C19H20N2O4S/c22-18(14-4-1-8-21(14)19(23)17-5-2-11-26-17)20-13-6-7-15-16(12-13)25-10-3-9-24-15/h2,5-7,11-12,14H,1,3-4,8-10H2,(H,20,22)/t14-/m0/s1. The van der Waals surface area contributed by atoms with E-state index < -0.39 is 6.04 Å². The first-order valence-electron chi connectivity index (χ1n) is 8.77. The first-order valence-corrected chi connectivity index (χ1v) is 9.65. The molecule has 0 radical (unpaired) electrons. The minimum absolute atomic E-state index is 0.0729. The van der Waals surface area contributed by atoms with Gasteiger partial charge in [0.1, 0.15) is 6.04 Å². The second kappa shape index (κ2) is 7.37. The highest BCUT2D eigenvalue weighted by atomic mass is 32.1. The first kappa shape index (κ1) is 16.9. The van der Waals surface area contributed by atoms with E-state index in [9.17, 15) is 9.59 Å². The molecule has 1 fully saturated rings. The molecular weight excluding hydrogens is 352 g/mol. The van der Waals surface area contributed by atoms with Crippen LogP contribution in [0.15, 0.2) is 35.7 Å². The van der Waals surface area contributed by atoms with E-state index in [0.29, 0.717) is 48.2 Å². The Labute approximate surface area is 155 Å². The van der Waals surface area contributed by atoms with Crippen molar-refractivity contribution in [2.24, 2.45) is 0 Å². The topological polar surface area (TPSA) is 67.9 Å². The molecule has 7 heteroatoms. The van der Waals surface area contributed by atoms with Gasteiger partial charge in [-0.1, -0.05) is 6.07 Å². The summed E-state index contributed by atoms with van der Waals surface area (Å²) in [5.41, 5.74) is 0.648. The van der Waals surface area contributed by atoms with Crippen molar-refractivity contribution >= 4 is 28.8 Å². The number of nitrogens with zero attached hydrogens (tertiary/aromatic N) is 1. The van der Waals surface area contributed by atoms with Gasteiger partial charge < -0.3 is 19.7 Å². The summed E-state index contributed by atoms with van der Waals surface area (Å²) >= 11 is 1.40. The summed E-state index contributed by atoms with van der Waals surface area (Å²) in [5.74, 6) is 1.09. The van der Waals surface area contributed by atoms with Crippen molar-refractivity contribution in [3.05, 3.63) is 40.6 Å². The smallest absolute Gasteiger partial charge is 0.264 e. The number of carbonyl (C=O) groups excluding carboxylic acids is 2. The molecule has 0 unspecified atom stereocenters. The third kappa shape index (κ3) is 3.39. The van der Waals surface area contributed by atoms with Gasteiger partial charge in [0.15, 0.2) is 11.5 Å². The molecule has 0 aliphatic carbocycles. The first-order chi connectivity index (χ1) is 12.7. The second-order valence-electron chi connectivity index (χ2n) is 6.34. The minimum Gasteiger partial charge on any atom is -0.490 e. The Morgan fingerprint density at radius 2 is 1.96 bits per heavy atom. The van der Waals surface area contributed by atoms with Crippen molar-refractivity contribution in [2.75, 3.05) is 25.1 Å². The fraction of sp³-hybridized carbons (Fsp3) is 0.368. The SMILES string of the molecule is O=C(Nc1ccc2c(c1)OCCCO2)[C@@H]1CCCN1C(=O)c1cccs1. The van der Waals surface area contributed by atoms with Gasteiger partial charge >= 0.3 is 0 Å². The van der Waals surface area contributed by atoms with E-state index in [1.807, 2.05) is 11.4 Å². The molecule has 4 rings (SSSR count). The van der Waals surface area contributed by atoms with E-state index in [1.165, 1.54) is 11.3 Å². The lowest BCUT2D eigenvalue weighted by Gasteiger charge is -2.23. The van der Waals surface area contributed by atoms with Crippen molar-refractivity contribution in [1.29, 1.82) is 0 Å². The molecule has 1 atom stereocenters. The van der Waals surface area contributed by atoms with Crippen molar-refractivity contribution in [3.63, 3.8) is 0 Å². The number of fused-ring (bicyclic) bond motifs is 1. The second-order valence-corrected chi connectivity index (χ2v) is 7.28. The minimum atomic E-state index is -0.444. The van der Waals surface area contributed by atoms with Crippen LogP contribution in [-0.2, 0) is 4.79 Å². The number of rotatable bonds is 3. The molecule has 0 saturated carbocycles. The van der Waals surface area contributed by atoms with Crippen LogP contribution < -0.4 is 14.8 Å². The van der Waals surface area contributed by atoms with Gasteiger partial charge in [0.25, 0.3) is 5.91 Å². The molecule has 0 bridgehead atoms. The monoisotopic (exact) mass is 372 g/mol. The predicted molar refractivity (Wildman–Crippen MR) is 99.1 cm³/mol. The molecular formula is C19H20N2O4S. The third-order valence-corrected chi connectivity index (χ3v) is 5.42. The van der Waals surface area contributed by atoms with Gasteiger partial charge in [-0.15, -0.1) is 11.3 Å². The molecule has 1 aromatic carbocycles. The number of thiophene rings is 1. The Kier molecular flexibility index (Phi) is 4.79. The van der Waals surface area contributed by atoms with E-state index in [4.69, 9.17) is 9.47 Å². The molecule has 2 aliphatic heterocycles. The Morgan fingerprint density at radius 3 is 2.77 bits per heavy atom. The van der Waals surface area contributed by atoms with E-state index in [-0.39, 0.29) is 11.8 Å². The van der Waals surface area contributed by atoms with Gasteiger partial charge in [-0.05, 0) is 36.4 Å². The Hall–Kier alpha value is -2.54. The summed E-state index contributed by atoms with van der Waals surface area (Å²) in [7, 11) is 0. The summed E-state index contributed by atoms with van der Waals surface area (Å²) in [4.78, 5) is 27.7. The number of ether oxygens (including phenoxy) is 2. The van der Waals surface area contributed by atoms with Gasteiger partial charge in [-0.3, -0.25) is 9.59 Å². The molecule has 26 heavy (non-hydrogen) atoms. The average Bonchev–Trinajstić information content (AvgIpc) is 3.29. The fourth-order valence-corrected chi connectivity index (χ4v) is 3.97. The zero-order chi connectivity index (χ0) is 17.9. The number of benzene rings is 1. The van der Waals surface area contributed by atoms with Crippen LogP contribution in [0.25, 0.3) is 0 Å². The maximum absolute atomic E-state index is 12.8. The van der Waals surface area contributed by atoms with Crippen LogP contribution in [0.1, 0.15) is 28.9 Å². The van der Waals surface area contributed by atoms with Crippen LogP contribution in [0, 0.1) is 0 Å². The number of carbonyl (C=O) groups is 2. The largest absolute Gasteiger partial charge is 0.490 e. The molecule has 2 amide bonds. The predicted octanol–water partition coefficient (Wildman–Crippen LogP) is 3.15. The van der Waals surface area contributed by atoms with E-state index in [0.717, 1.165) is 12.8 Å². The maximum Gasteiger partial charge on any atom is 0.264 e. The van der Waals surface area contributed by atoms with Crippen LogP contribution in [0.3, 0.4) is 0 Å². The quantitative estimate of drug-likeness (QED) is 0.899. The summed E-state index contributed by atoms with van der Waals surface area (Å²) in [6.07, 6.45) is 2.34. The number of hydrogen-bond acceptors (Lipinski definition) is 5. The Morgan fingerprint density at radius 1 is 1.12 bits per heavy atom. The molecule has 3 heterocycles. The third-order valence-electron chi connectivity index (χ3n) is 4.56. The van der Waals surface area contributed by atoms with Crippen LogP contribution >= 0.6 is 11.3 Å². The van der Waals surface area contributed by atoms with Gasteiger partial charge in [-0.2, -0.15) is 0 Å². The Balaban J connectivity index is 1.47. The van der Waals surface area contributed by atoms with E-state index in [2.05, 4.69) is 5.32 Å². The van der Waals surface area contributed by atoms with Crippen molar-refractivity contribution < 1.29 is 19.1 Å². The van der Waals surface area contributed by atoms with E-state index in [1.54, 1.807) is 29.2 Å². The number of hydrogen-bond donors (Lipinski definition) is 1. The zero-order valence-corrected chi connectivity index (χ0v) is 15.1. The van der Waals surface area contributed by atoms with Crippen molar-refractivity contribution in [2.45, 2.75) is 25.3 Å². The fourth-order valence-electron chi connectivity index (χ4n) is 3.29. The highest BCUT2D eigenvalue weighted by Crippen LogP contribution is 2.32. The molecule has 0 spiro atoms. The molecule has 136 valence electrons. The lowest BCUT2D eigenvalue weighted by Crippen LogP contribution is -2.42. The van der Waals surface area contributed by atoms with Gasteiger partial charge in [-0.25, -0.2) is 0 Å². The summed E-state index contributed by atoms with van der Waals surface area (Å²) in [6, 6.07) is 8.58. The van der Waals surface area contributed by atoms with Gasteiger partial charge in [0.2, 0.25) is 5.91 Å². The van der Waals surface area contributed by atoms with Crippen LogP contribution in [0.4, 0.5) is 5.69 Å². The molecule has 2 aromatic rings. The molecule has 1 saturated heterocycles. The number of amides is 2. The zero-order valence-electron chi connectivity index (χ0n) is 14.3. The average molecular weight is 372 g/mol. The highest BCUT2D eigenvalue weighted by molar-refractivity contribution is 7.12. The van der Waals surface area contributed by atoms with Crippen LogP contribution in [0.2, 0.25) is 0 Å². The molecule has 2 aliphatic rings. The Bertz CT molecular complexity index is 806. The maximum atomic E-state index is 12.8. The molecule has 1 N–H and O–H groups in total. The van der Waals surface area contributed by atoms with Crippen LogP contribution in [-0.4, -0.2) is 42.5 Å². The van der Waals surface area contributed by atoms with Gasteiger partial charge in [0, 0.05) is 24.7 Å². The van der Waals surface area contributed by atoms with Crippen molar-refractivity contribution in [3.8, 4) is 11.5 Å². The lowest BCUT2D eigenvalue weighted by molar-refractivity contribution is -0.119. The molecule has 6 nitrogen and oxygen atoms in total. The number of nitrogens with one attached hydrogen (secondary N) is 1. The van der Waals surface area contributed by atoms with Crippen molar-refractivity contribution in [1.82, 2.24) is 4.90 Å². The molecule has 1 aromatic heterocycles.